The molecule has 0 radical (unpaired) electrons. The summed E-state index contributed by atoms with van der Waals surface area (Å²) >= 11 is 0. The van der Waals surface area contributed by atoms with Gasteiger partial charge in [0.2, 0.25) is 5.88 Å². The van der Waals surface area contributed by atoms with Gasteiger partial charge in [-0.15, -0.1) is 0 Å². The maximum atomic E-state index is 9.08. The molecule has 0 unspecified atom stereocenters. The quantitative estimate of drug-likeness (QED) is 0.881. The molecule has 2 aromatic rings. The molecular weight excluding hydrogens is 244 g/mol. The van der Waals surface area contributed by atoms with Gasteiger partial charge < -0.3 is 20.3 Å². The molecule has 0 aliphatic rings. The highest BCUT2D eigenvalue weighted by Gasteiger charge is 2.08. The molecule has 0 aliphatic heterocycles. The van der Waals surface area contributed by atoms with Gasteiger partial charge in [0.25, 0.3) is 0 Å². The van der Waals surface area contributed by atoms with Gasteiger partial charge in [0.05, 0.1) is 25.1 Å². The van der Waals surface area contributed by atoms with Crippen LogP contribution in [0.3, 0.4) is 0 Å². The van der Waals surface area contributed by atoms with Crippen molar-refractivity contribution in [2.75, 3.05) is 12.8 Å². The fourth-order valence-corrected chi connectivity index (χ4v) is 1.61. The lowest BCUT2D eigenvalue weighted by atomic mass is 10.2. The molecule has 0 saturated carbocycles. The zero-order valence-electron chi connectivity index (χ0n) is 10.9. The minimum absolute atomic E-state index is 0.0458. The van der Waals surface area contributed by atoms with Crippen LogP contribution in [0, 0.1) is 6.92 Å². The topological polar surface area (TPSA) is 77.6 Å². The van der Waals surface area contributed by atoms with E-state index >= 15 is 0 Å². The number of anilines is 1. The highest BCUT2D eigenvalue weighted by Crippen LogP contribution is 2.32. The van der Waals surface area contributed by atoms with Gasteiger partial charge in [0.1, 0.15) is 0 Å². The highest BCUT2D eigenvalue weighted by molar-refractivity contribution is 5.47. The molecule has 19 heavy (non-hydrogen) atoms. The second-order valence-electron chi connectivity index (χ2n) is 4.07. The SMILES string of the molecule is COc1cc(CO)ccc1Oc1ccc(N)c(C)n1. The predicted molar refractivity (Wildman–Crippen MR) is 72.4 cm³/mol. The summed E-state index contributed by atoms with van der Waals surface area (Å²) in [7, 11) is 1.55. The number of nitrogen functional groups attached to an aromatic ring is 1. The Morgan fingerprint density at radius 2 is 2.00 bits per heavy atom. The Kier molecular flexibility index (Phi) is 3.87. The van der Waals surface area contributed by atoms with Crippen LogP contribution >= 0.6 is 0 Å². The third-order valence-electron chi connectivity index (χ3n) is 2.73. The summed E-state index contributed by atoms with van der Waals surface area (Å²) in [6.07, 6.45) is 0. The summed E-state index contributed by atoms with van der Waals surface area (Å²) in [5, 5.41) is 9.08. The van der Waals surface area contributed by atoms with E-state index in [0.29, 0.717) is 28.8 Å². The van der Waals surface area contributed by atoms with Crippen LogP contribution < -0.4 is 15.2 Å². The molecule has 0 amide bonds. The number of aromatic nitrogens is 1. The molecule has 0 aliphatic carbocycles. The second-order valence-corrected chi connectivity index (χ2v) is 4.07. The number of ether oxygens (including phenoxy) is 2. The lowest BCUT2D eigenvalue weighted by Crippen LogP contribution is -1.97. The van der Waals surface area contributed by atoms with E-state index in [1.165, 1.54) is 0 Å². The third-order valence-corrected chi connectivity index (χ3v) is 2.73. The largest absolute Gasteiger partial charge is 0.493 e. The van der Waals surface area contributed by atoms with Crippen molar-refractivity contribution in [3.8, 4) is 17.4 Å². The van der Waals surface area contributed by atoms with E-state index < -0.39 is 0 Å². The number of methoxy groups -OCH3 is 1. The van der Waals surface area contributed by atoms with Gasteiger partial charge in [-0.3, -0.25) is 0 Å². The van der Waals surface area contributed by atoms with Crippen LogP contribution in [0.2, 0.25) is 0 Å². The summed E-state index contributed by atoms with van der Waals surface area (Å²) in [6.45, 7) is 1.77. The number of hydrogen-bond donors (Lipinski definition) is 2. The lowest BCUT2D eigenvalue weighted by Gasteiger charge is -2.11. The zero-order valence-corrected chi connectivity index (χ0v) is 10.9. The fourth-order valence-electron chi connectivity index (χ4n) is 1.61. The molecule has 1 aromatic heterocycles. The molecule has 0 fully saturated rings. The zero-order chi connectivity index (χ0) is 13.8. The van der Waals surface area contributed by atoms with E-state index in [1.54, 1.807) is 37.4 Å². The van der Waals surface area contributed by atoms with E-state index in [-0.39, 0.29) is 6.61 Å². The number of nitrogens with two attached hydrogens (primary N) is 1. The van der Waals surface area contributed by atoms with E-state index in [4.69, 9.17) is 20.3 Å². The molecule has 0 saturated heterocycles. The Hall–Kier alpha value is -2.27. The minimum atomic E-state index is -0.0458. The first-order chi connectivity index (χ1) is 9.13. The van der Waals surface area contributed by atoms with E-state index in [2.05, 4.69) is 4.98 Å². The molecule has 5 nitrogen and oxygen atoms in total. The number of aryl methyl sites for hydroxylation is 1. The maximum Gasteiger partial charge on any atom is 0.219 e. The van der Waals surface area contributed by atoms with Crippen LogP contribution in [-0.2, 0) is 6.61 Å². The maximum absolute atomic E-state index is 9.08. The number of nitrogens with zero attached hydrogens (tertiary/aromatic N) is 1. The average molecular weight is 260 g/mol. The van der Waals surface area contributed by atoms with E-state index in [9.17, 15) is 0 Å². The van der Waals surface area contributed by atoms with Gasteiger partial charge in [0, 0.05) is 6.07 Å². The molecule has 0 atom stereocenters. The van der Waals surface area contributed by atoms with Gasteiger partial charge in [0.15, 0.2) is 11.5 Å². The van der Waals surface area contributed by atoms with Crippen molar-refractivity contribution in [2.45, 2.75) is 13.5 Å². The van der Waals surface area contributed by atoms with Crippen molar-refractivity contribution in [1.82, 2.24) is 4.98 Å². The van der Waals surface area contributed by atoms with Gasteiger partial charge in [-0.2, -0.15) is 0 Å². The van der Waals surface area contributed by atoms with Crippen molar-refractivity contribution in [3.05, 3.63) is 41.6 Å². The van der Waals surface area contributed by atoms with Crippen molar-refractivity contribution >= 4 is 5.69 Å². The van der Waals surface area contributed by atoms with Crippen molar-refractivity contribution in [2.24, 2.45) is 0 Å². The first-order valence-electron chi connectivity index (χ1n) is 5.83. The summed E-state index contributed by atoms with van der Waals surface area (Å²) in [6, 6.07) is 8.66. The standard InChI is InChI=1S/C14H16N2O3/c1-9-11(15)4-6-14(16-9)19-12-5-3-10(8-17)7-13(12)18-2/h3-7,17H,8,15H2,1-2H3. The first-order valence-corrected chi connectivity index (χ1v) is 5.83. The van der Waals surface area contributed by atoms with Crippen LogP contribution in [0.15, 0.2) is 30.3 Å². The summed E-state index contributed by atoms with van der Waals surface area (Å²) in [4.78, 5) is 4.23. The summed E-state index contributed by atoms with van der Waals surface area (Å²) in [5.41, 5.74) is 7.79. The second kappa shape index (κ2) is 5.58. The molecule has 1 aromatic carbocycles. The number of aliphatic hydroxyl groups is 1. The first kappa shape index (κ1) is 13.2. The molecule has 2 rings (SSSR count). The Bertz CT molecular complexity index is 585. The van der Waals surface area contributed by atoms with E-state index in [0.717, 1.165) is 5.56 Å². The molecule has 0 bridgehead atoms. The Morgan fingerprint density at radius 3 is 2.63 bits per heavy atom. The number of benzene rings is 1. The summed E-state index contributed by atoms with van der Waals surface area (Å²) in [5.74, 6) is 1.53. The Labute approximate surface area is 111 Å². The molecule has 0 spiro atoms. The molecule has 1 heterocycles. The normalized spacial score (nSPS) is 10.3. The van der Waals surface area contributed by atoms with Crippen molar-refractivity contribution in [3.63, 3.8) is 0 Å². The fraction of sp³-hybridized carbons (Fsp3) is 0.214. The molecule has 100 valence electrons. The van der Waals surface area contributed by atoms with Crippen molar-refractivity contribution < 1.29 is 14.6 Å². The van der Waals surface area contributed by atoms with Gasteiger partial charge in [-0.05, 0) is 30.7 Å². The van der Waals surface area contributed by atoms with Crippen LogP contribution in [-0.4, -0.2) is 17.2 Å². The molecule has 3 N–H and O–H groups in total. The van der Waals surface area contributed by atoms with Crippen LogP contribution in [0.4, 0.5) is 5.69 Å². The van der Waals surface area contributed by atoms with Gasteiger partial charge in [-0.1, -0.05) is 6.07 Å². The number of rotatable bonds is 4. The molecular formula is C14H16N2O3. The smallest absolute Gasteiger partial charge is 0.219 e. The lowest BCUT2D eigenvalue weighted by molar-refractivity contribution is 0.280. The monoisotopic (exact) mass is 260 g/mol. The average Bonchev–Trinajstić information content (AvgIpc) is 2.43. The van der Waals surface area contributed by atoms with Crippen LogP contribution in [0.1, 0.15) is 11.3 Å². The number of aliphatic hydroxyl groups excluding tert-OH is 1. The third kappa shape index (κ3) is 2.95. The molecule has 5 heteroatoms. The van der Waals surface area contributed by atoms with E-state index in [1.807, 2.05) is 6.92 Å². The van der Waals surface area contributed by atoms with Gasteiger partial charge in [-0.25, -0.2) is 4.98 Å². The van der Waals surface area contributed by atoms with Gasteiger partial charge >= 0.3 is 0 Å². The Morgan fingerprint density at radius 1 is 1.21 bits per heavy atom. The minimum Gasteiger partial charge on any atom is -0.493 e. The van der Waals surface area contributed by atoms with Crippen molar-refractivity contribution in [1.29, 1.82) is 0 Å². The highest BCUT2D eigenvalue weighted by atomic mass is 16.5. The Balaban J connectivity index is 2.29. The number of pyridine rings is 1. The number of hydrogen-bond acceptors (Lipinski definition) is 5. The summed E-state index contributed by atoms with van der Waals surface area (Å²) < 4.78 is 10.9. The van der Waals surface area contributed by atoms with Crippen LogP contribution in [0.25, 0.3) is 0 Å². The predicted octanol–water partition coefficient (Wildman–Crippen LogP) is 2.27. The van der Waals surface area contributed by atoms with Crippen LogP contribution in [0.5, 0.6) is 17.4 Å².